The van der Waals surface area contributed by atoms with Crippen molar-refractivity contribution in [1.29, 1.82) is 0 Å². The van der Waals surface area contributed by atoms with Gasteiger partial charge in [-0.05, 0) is 29.3 Å². The van der Waals surface area contributed by atoms with Gasteiger partial charge in [-0.2, -0.15) is 0 Å². The Labute approximate surface area is 189 Å². The average molecular weight is 516 g/mol. The quantitative estimate of drug-likeness (QED) is 0.376. The van der Waals surface area contributed by atoms with E-state index in [0.717, 1.165) is 60.8 Å². The lowest BCUT2D eigenvalue weighted by Crippen LogP contribution is -2.38. The molecule has 0 radical (unpaired) electrons. The number of hydrogen-bond donors (Lipinski definition) is 1. The molecule has 0 aliphatic carbocycles. The molecule has 1 aromatic heterocycles. The largest absolute Gasteiger partial charge is 0.378 e. The van der Waals surface area contributed by atoms with Crippen LogP contribution in [0.25, 0.3) is 0 Å². The molecule has 152 valence electrons. The normalized spacial score (nSPS) is 14.4. The second-order valence-electron chi connectivity index (χ2n) is 6.51. The van der Waals surface area contributed by atoms with Crippen LogP contribution < -0.4 is 10.2 Å². The van der Waals surface area contributed by atoms with E-state index in [1.165, 1.54) is 0 Å². The van der Waals surface area contributed by atoms with Gasteiger partial charge in [-0.15, -0.1) is 24.0 Å². The van der Waals surface area contributed by atoms with E-state index < -0.39 is 0 Å². The minimum atomic E-state index is 0. The van der Waals surface area contributed by atoms with E-state index >= 15 is 0 Å². The van der Waals surface area contributed by atoms with Crippen LogP contribution in [-0.4, -0.2) is 56.2 Å². The third-order valence-corrected chi connectivity index (χ3v) is 4.71. The molecule has 1 N–H and O–H groups in total. The predicted molar refractivity (Wildman–Crippen MR) is 126 cm³/mol. The minimum Gasteiger partial charge on any atom is -0.378 e. The van der Waals surface area contributed by atoms with Crippen molar-refractivity contribution in [2.45, 2.75) is 13.1 Å². The van der Waals surface area contributed by atoms with Gasteiger partial charge in [-0.25, -0.2) is 4.98 Å². The summed E-state index contributed by atoms with van der Waals surface area (Å²) in [6, 6.07) is 12.1. The number of hydrogen-bond acceptors (Lipinski definition) is 4. The van der Waals surface area contributed by atoms with Crippen molar-refractivity contribution in [3.8, 4) is 0 Å². The SMILES string of the molecule is CN=C(NCc1ccc(N2CCOCC2)nc1)N(C)Cc1cccc(Cl)c1.I. The predicted octanol–water partition coefficient (Wildman–Crippen LogP) is 3.40. The molecular weight excluding hydrogens is 489 g/mol. The summed E-state index contributed by atoms with van der Waals surface area (Å²) in [6.45, 7) is 4.72. The number of guanidine groups is 1. The van der Waals surface area contributed by atoms with Crippen LogP contribution in [-0.2, 0) is 17.8 Å². The van der Waals surface area contributed by atoms with Crippen molar-refractivity contribution in [2.24, 2.45) is 4.99 Å². The fourth-order valence-corrected chi connectivity index (χ4v) is 3.26. The van der Waals surface area contributed by atoms with Crippen LogP contribution in [0.4, 0.5) is 5.82 Å². The Morgan fingerprint density at radius 1 is 1.25 bits per heavy atom. The maximum atomic E-state index is 6.07. The van der Waals surface area contributed by atoms with Crippen molar-refractivity contribution in [2.75, 3.05) is 45.3 Å². The van der Waals surface area contributed by atoms with Crippen LogP contribution >= 0.6 is 35.6 Å². The zero-order valence-electron chi connectivity index (χ0n) is 16.3. The number of ether oxygens (including phenoxy) is 1. The first kappa shape index (κ1) is 22.7. The number of pyridine rings is 1. The lowest BCUT2D eigenvalue weighted by atomic mass is 10.2. The number of aromatic nitrogens is 1. The van der Waals surface area contributed by atoms with Gasteiger partial charge in [0.1, 0.15) is 5.82 Å². The number of nitrogens with one attached hydrogen (secondary N) is 1. The Morgan fingerprint density at radius 3 is 2.68 bits per heavy atom. The number of aliphatic imine (C=N–C) groups is 1. The number of morpholine rings is 1. The molecule has 2 heterocycles. The topological polar surface area (TPSA) is 53.0 Å². The standard InChI is InChI=1S/C20H26ClN5O.HI/c1-22-20(25(2)15-16-4-3-5-18(21)12-16)24-14-17-6-7-19(23-13-17)26-8-10-27-11-9-26;/h3-7,12-13H,8-11,14-15H2,1-2H3,(H,22,24);1H. The van der Waals surface area contributed by atoms with Gasteiger partial charge in [0.15, 0.2) is 5.96 Å². The summed E-state index contributed by atoms with van der Waals surface area (Å²) >= 11 is 6.07. The van der Waals surface area contributed by atoms with E-state index in [2.05, 4.69) is 43.3 Å². The smallest absolute Gasteiger partial charge is 0.193 e. The summed E-state index contributed by atoms with van der Waals surface area (Å²) < 4.78 is 5.39. The van der Waals surface area contributed by atoms with Crippen molar-refractivity contribution < 1.29 is 4.74 Å². The molecule has 2 aromatic rings. The summed E-state index contributed by atoms with van der Waals surface area (Å²) in [7, 11) is 3.80. The lowest BCUT2D eigenvalue weighted by Gasteiger charge is -2.27. The summed E-state index contributed by atoms with van der Waals surface area (Å²) in [5, 5.41) is 4.13. The van der Waals surface area contributed by atoms with Gasteiger partial charge in [0.25, 0.3) is 0 Å². The molecule has 3 rings (SSSR count). The summed E-state index contributed by atoms with van der Waals surface area (Å²) in [5.41, 5.74) is 2.26. The van der Waals surface area contributed by atoms with Crippen molar-refractivity contribution in [1.82, 2.24) is 15.2 Å². The number of anilines is 1. The molecule has 1 fully saturated rings. The second kappa shape index (κ2) is 11.4. The highest BCUT2D eigenvalue weighted by atomic mass is 127. The first-order valence-electron chi connectivity index (χ1n) is 9.09. The van der Waals surface area contributed by atoms with Crippen LogP contribution in [0.5, 0.6) is 0 Å². The molecule has 0 unspecified atom stereocenters. The van der Waals surface area contributed by atoms with Crippen LogP contribution in [0.3, 0.4) is 0 Å². The molecule has 6 nitrogen and oxygen atoms in total. The second-order valence-corrected chi connectivity index (χ2v) is 6.95. The van der Waals surface area contributed by atoms with Crippen molar-refractivity contribution in [3.05, 3.63) is 58.7 Å². The molecule has 0 amide bonds. The summed E-state index contributed by atoms with van der Waals surface area (Å²) in [6.07, 6.45) is 1.92. The van der Waals surface area contributed by atoms with E-state index in [1.807, 2.05) is 31.4 Å². The van der Waals surface area contributed by atoms with Gasteiger partial charge >= 0.3 is 0 Å². The molecule has 1 aromatic carbocycles. The van der Waals surface area contributed by atoms with E-state index in [-0.39, 0.29) is 24.0 Å². The van der Waals surface area contributed by atoms with E-state index in [9.17, 15) is 0 Å². The van der Waals surface area contributed by atoms with Gasteiger partial charge < -0.3 is 19.9 Å². The molecule has 28 heavy (non-hydrogen) atoms. The average Bonchev–Trinajstić information content (AvgIpc) is 2.69. The first-order chi connectivity index (χ1) is 13.2. The highest BCUT2D eigenvalue weighted by Gasteiger charge is 2.12. The Hall–Kier alpha value is -1.58. The monoisotopic (exact) mass is 515 g/mol. The van der Waals surface area contributed by atoms with Crippen LogP contribution in [0, 0.1) is 0 Å². The molecule has 1 saturated heterocycles. The Kier molecular flexibility index (Phi) is 9.27. The lowest BCUT2D eigenvalue weighted by molar-refractivity contribution is 0.122. The Morgan fingerprint density at radius 2 is 2.04 bits per heavy atom. The number of benzene rings is 1. The van der Waals surface area contributed by atoms with Gasteiger partial charge in [-0.3, -0.25) is 4.99 Å². The third-order valence-electron chi connectivity index (χ3n) is 4.48. The number of nitrogens with zero attached hydrogens (tertiary/aromatic N) is 4. The molecule has 8 heteroatoms. The van der Waals surface area contributed by atoms with Crippen LogP contribution in [0.2, 0.25) is 5.02 Å². The maximum Gasteiger partial charge on any atom is 0.193 e. The highest BCUT2D eigenvalue weighted by Crippen LogP contribution is 2.14. The maximum absolute atomic E-state index is 6.07. The molecule has 1 aliphatic heterocycles. The first-order valence-corrected chi connectivity index (χ1v) is 9.47. The van der Waals surface area contributed by atoms with Gasteiger partial charge in [0.2, 0.25) is 0 Å². The van der Waals surface area contributed by atoms with E-state index in [4.69, 9.17) is 16.3 Å². The zero-order valence-corrected chi connectivity index (χ0v) is 19.4. The fourth-order valence-electron chi connectivity index (χ4n) is 3.05. The third kappa shape index (κ3) is 6.49. The van der Waals surface area contributed by atoms with Crippen LogP contribution in [0.1, 0.15) is 11.1 Å². The minimum absolute atomic E-state index is 0. The molecule has 1 aliphatic rings. The summed E-state index contributed by atoms with van der Waals surface area (Å²) in [4.78, 5) is 13.3. The van der Waals surface area contributed by atoms with Gasteiger partial charge in [0.05, 0.1) is 13.2 Å². The molecule has 0 atom stereocenters. The van der Waals surface area contributed by atoms with Gasteiger partial charge in [0, 0.05) is 51.5 Å². The molecule has 0 bridgehead atoms. The highest BCUT2D eigenvalue weighted by molar-refractivity contribution is 14.0. The van der Waals surface area contributed by atoms with Gasteiger partial charge in [-0.1, -0.05) is 29.8 Å². The number of halogens is 2. The van der Waals surface area contributed by atoms with E-state index in [1.54, 1.807) is 7.05 Å². The van der Waals surface area contributed by atoms with Crippen LogP contribution in [0.15, 0.2) is 47.6 Å². The van der Waals surface area contributed by atoms with Crippen molar-refractivity contribution >= 4 is 47.4 Å². The Bertz CT molecular complexity index is 765. The van der Waals surface area contributed by atoms with Crippen molar-refractivity contribution in [3.63, 3.8) is 0 Å². The van der Waals surface area contributed by atoms with E-state index in [0.29, 0.717) is 6.54 Å². The molecule has 0 spiro atoms. The fraction of sp³-hybridized carbons (Fsp3) is 0.400. The zero-order chi connectivity index (χ0) is 19.1. The number of rotatable bonds is 5. The molecular formula is C20H27ClIN5O. The Balaban J connectivity index is 0.00000280. The summed E-state index contributed by atoms with van der Waals surface area (Å²) in [5.74, 6) is 1.83. The molecule has 0 saturated carbocycles.